The van der Waals surface area contributed by atoms with E-state index < -0.39 is 0 Å². The second kappa shape index (κ2) is 5.98. The van der Waals surface area contributed by atoms with Crippen LogP contribution < -0.4 is 11.1 Å². The Bertz CT molecular complexity index is 572. The summed E-state index contributed by atoms with van der Waals surface area (Å²) in [5, 5.41) is 10.2. The Morgan fingerprint density at radius 1 is 1.42 bits per heavy atom. The minimum atomic E-state index is -0.350. The molecular weight excluding hydrogens is 287 g/mol. The molecule has 2 aromatic rings. The van der Waals surface area contributed by atoms with Crippen LogP contribution in [-0.2, 0) is 4.79 Å². The molecule has 0 aliphatic heterocycles. The Morgan fingerprint density at radius 3 is 2.68 bits per heavy atom. The molecule has 0 spiro atoms. The molecule has 0 bridgehead atoms. The van der Waals surface area contributed by atoms with Gasteiger partial charge < -0.3 is 11.1 Å². The molecule has 1 amide bonds. The first kappa shape index (κ1) is 13.8. The first-order chi connectivity index (χ1) is 9.04. The van der Waals surface area contributed by atoms with Gasteiger partial charge in [-0.2, -0.15) is 0 Å². The van der Waals surface area contributed by atoms with Gasteiger partial charge in [-0.05, 0) is 31.2 Å². The first-order valence-electron chi connectivity index (χ1n) is 5.36. The van der Waals surface area contributed by atoms with E-state index in [0.29, 0.717) is 15.2 Å². The zero-order valence-electron chi connectivity index (χ0n) is 9.96. The fourth-order valence-corrected chi connectivity index (χ4v) is 3.03. The van der Waals surface area contributed by atoms with E-state index in [1.54, 1.807) is 6.92 Å². The Labute approximate surface area is 117 Å². The molecule has 1 aromatic carbocycles. The molecular formula is C11H11FN4OS2. The highest BCUT2D eigenvalue weighted by Crippen LogP contribution is 2.28. The summed E-state index contributed by atoms with van der Waals surface area (Å²) in [4.78, 5) is 11.9. The van der Waals surface area contributed by atoms with E-state index in [0.717, 1.165) is 0 Å². The lowest BCUT2D eigenvalue weighted by Gasteiger charge is -2.10. The molecule has 0 saturated carbocycles. The van der Waals surface area contributed by atoms with Crippen molar-refractivity contribution in [3.63, 3.8) is 0 Å². The summed E-state index contributed by atoms with van der Waals surface area (Å²) in [7, 11) is 0. The summed E-state index contributed by atoms with van der Waals surface area (Å²) in [6.45, 7) is 1.75. The quantitative estimate of drug-likeness (QED) is 0.847. The fourth-order valence-electron chi connectivity index (χ4n) is 1.25. The highest BCUT2D eigenvalue weighted by molar-refractivity contribution is 8.02. The number of carbonyl (C=O) groups is 1. The molecule has 0 fully saturated rings. The molecule has 1 aromatic heterocycles. The highest BCUT2D eigenvalue weighted by atomic mass is 32.2. The second-order valence-electron chi connectivity index (χ2n) is 3.66. The van der Waals surface area contributed by atoms with Gasteiger partial charge in [0.2, 0.25) is 11.0 Å². The number of hydrogen-bond acceptors (Lipinski definition) is 6. The van der Waals surface area contributed by atoms with Gasteiger partial charge in [0, 0.05) is 5.69 Å². The SMILES string of the molecule is CC(Sc1nnc(N)s1)C(=O)Nc1ccc(F)cc1. The van der Waals surface area contributed by atoms with Gasteiger partial charge in [0.25, 0.3) is 0 Å². The van der Waals surface area contributed by atoms with Gasteiger partial charge in [0.1, 0.15) is 5.82 Å². The third-order valence-electron chi connectivity index (χ3n) is 2.18. The third kappa shape index (κ3) is 3.90. The van der Waals surface area contributed by atoms with Crippen molar-refractivity contribution >= 4 is 39.8 Å². The van der Waals surface area contributed by atoms with Crippen molar-refractivity contribution in [2.75, 3.05) is 11.1 Å². The molecule has 0 aliphatic carbocycles. The lowest BCUT2D eigenvalue weighted by Crippen LogP contribution is -2.22. The smallest absolute Gasteiger partial charge is 0.237 e. The van der Waals surface area contributed by atoms with Crippen LogP contribution in [0, 0.1) is 5.82 Å². The second-order valence-corrected chi connectivity index (χ2v) is 6.26. The molecule has 0 saturated heterocycles. The molecule has 100 valence electrons. The van der Waals surface area contributed by atoms with Crippen LogP contribution in [0.1, 0.15) is 6.92 Å². The number of aromatic nitrogens is 2. The number of thioether (sulfide) groups is 1. The van der Waals surface area contributed by atoms with Crippen LogP contribution in [0.3, 0.4) is 0 Å². The number of anilines is 2. The van der Waals surface area contributed by atoms with Gasteiger partial charge in [-0.1, -0.05) is 23.1 Å². The zero-order valence-corrected chi connectivity index (χ0v) is 11.6. The normalized spacial score (nSPS) is 12.1. The summed E-state index contributed by atoms with van der Waals surface area (Å²) in [5.74, 6) is -0.532. The van der Waals surface area contributed by atoms with Gasteiger partial charge >= 0.3 is 0 Å². The molecule has 1 unspecified atom stereocenters. The maximum absolute atomic E-state index is 12.7. The van der Waals surface area contributed by atoms with Gasteiger partial charge in [-0.3, -0.25) is 4.79 Å². The lowest BCUT2D eigenvalue weighted by atomic mass is 10.3. The van der Waals surface area contributed by atoms with E-state index in [4.69, 9.17) is 5.73 Å². The van der Waals surface area contributed by atoms with E-state index in [2.05, 4.69) is 15.5 Å². The number of nitrogen functional groups attached to an aromatic ring is 1. The molecule has 3 N–H and O–H groups in total. The van der Waals surface area contributed by atoms with Gasteiger partial charge in [-0.25, -0.2) is 4.39 Å². The zero-order chi connectivity index (χ0) is 13.8. The van der Waals surface area contributed by atoms with Crippen molar-refractivity contribution in [3.05, 3.63) is 30.1 Å². The molecule has 1 atom stereocenters. The third-order valence-corrected chi connectivity index (χ3v) is 4.12. The summed E-state index contributed by atoms with van der Waals surface area (Å²) in [6, 6.07) is 5.60. The molecule has 0 radical (unpaired) electrons. The Balaban J connectivity index is 1.94. The number of nitrogens with zero attached hydrogens (tertiary/aromatic N) is 2. The number of amides is 1. The summed E-state index contributed by atoms with van der Waals surface area (Å²) < 4.78 is 13.4. The monoisotopic (exact) mass is 298 g/mol. The first-order valence-corrected chi connectivity index (χ1v) is 7.06. The van der Waals surface area contributed by atoms with Crippen molar-refractivity contribution in [3.8, 4) is 0 Å². The molecule has 2 rings (SSSR count). The van der Waals surface area contributed by atoms with Crippen molar-refractivity contribution in [2.24, 2.45) is 0 Å². The lowest BCUT2D eigenvalue weighted by molar-refractivity contribution is -0.115. The number of carbonyl (C=O) groups excluding carboxylic acids is 1. The molecule has 8 heteroatoms. The molecule has 1 heterocycles. The van der Waals surface area contributed by atoms with Gasteiger partial charge in [0.15, 0.2) is 4.34 Å². The Kier molecular flexibility index (Phi) is 4.33. The van der Waals surface area contributed by atoms with Crippen molar-refractivity contribution in [2.45, 2.75) is 16.5 Å². The van der Waals surface area contributed by atoms with Gasteiger partial charge in [0.05, 0.1) is 5.25 Å². The van der Waals surface area contributed by atoms with Crippen molar-refractivity contribution in [1.82, 2.24) is 10.2 Å². The maximum Gasteiger partial charge on any atom is 0.237 e. The van der Waals surface area contributed by atoms with Crippen LogP contribution in [-0.4, -0.2) is 21.4 Å². The Hall–Kier alpha value is -1.67. The molecule has 5 nitrogen and oxygen atoms in total. The van der Waals surface area contributed by atoms with E-state index in [1.165, 1.54) is 47.4 Å². The standard InChI is InChI=1S/C11H11FN4OS2/c1-6(18-11-16-15-10(13)19-11)9(17)14-8-4-2-7(12)3-5-8/h2-6H,1H3,(H2,13,15)(H,14,17). The number of nitrogens with one attached hydrogen (secondary N) is 1. The molecule has 19 heavy (non-hydrogen) atoms. The molecule has 0 aliphatic rings. The Morgan fingerprint density at radius 2 is 2.11 bits per heavy atom. The highest BCUT2D eigenvalue weighted by Gasteiger charge is 2.16. The largest absolute Gasteiger partial charge is 0.374 e. The van der Waals surface area contributed by atoms with Crippen molar-refractivity contribution < 1.29 is 9.18 Å². The van der Waals surface area contributed by atoms with Gasteiger partial charge in [-0.15, -0.1) is 10.2 Å². The van der Waals surface area contributed by atoms with Crippen molar-refractivity contribution in [1.29, 1.82) is 0 Å². The topological polar surface area (TPSA) is 80.9 Å². The van der Waals surface area contributed by atoms with Crippen LogP contribution in [0.4, 0.5) is 15.2 Å². The summed E-state index contributed by atoms with van der Waals surface area (Å²) in [6.07, 6.45) is 0. The predicted octanol–water partition coefficient (Wildman–Crippen LogP) is 2.38. The minimum absolute atomic E-state index is 0.189. The van der Waals surface area contributed by atoms with E-state index in [9.17, 15) is 9.18 Å². The van der Waals surface area contributed by atoms with Crippen LogP contribution in [0.25, 0.3) is 0 Å². The van der Waals surface area contributed by atoms with E-state index in [1.807, 2.05) is 0 Å². The number of benzene rings is 1. The number of hydrogen-bond donors (Lipinski definition) is 2. The number of nitrogens with two attached hydrogens (primary N) is 1. The predicted molar refractivity (Wildman–Crippen MR) is 74.7 cm³/mol. The average Bonchev–Trinajstić information content (AvgIpc) is 2.77. The summed E-state index contributed by atoms with van der Waals surface area (Å²) >= 11 is 2.50. The summed E-state index contributed by atoms with van der Waals surface area (Å²) in [5.41, 5.74) is 6.02. The van der Waals surface area contributed by atoms with Crippen LogP contribution >= 0.6 is 23.1 Å². The minimum Gasteiger partial charge on any atom is -0.374 e. The number of rotatable bonds is 4. The van der Waals surface area contributed by atoms with E-state index in [-0.39, 0.29) is 17.0 Å². The van der Waals surface area contributed by atoms with E-state index >= 15 is 0 Å². The van der Waals surface area contributed by atoms with Crippen LogP contribution in [0.5, 0.6) is 0 Å². The van der Waals surface area contributed by atoms with Crippen LogP contribution in [0.2, 0.25) is 0 Å². The number of halogens is 1. The average molecular weight is 298 g/mol. The fraction of sp³-hybridized carbons (Fsp3) is 0.182. The van der Waals surface area contributed by atoms with Crippen LogP contribution in [0.15, 0.2) is 28.6 Å². The maximum atomic E-state index is 12.7.